The summed E-state index contributed by atoms with van der Waals surface area (Å²) < 4.78 is 0. The Kier molecular flexibility index (Phi) is 10.6. The minimum Gasteiger partial charge on any atom is -0.480 e. The maximum Gasteiger partial charge on any atom is 0.328 e. The second-order valence-electron chi connectivity index (χ2n) is 7.08. The fraction of sp³-hybridized carbons (Fsp3) is 0.611. The molecule has 1 aromatic rings. The summed E-state index contributed by atoms with van der Waals surface area (Å²) in [6.07, 6.45) is 3.49. The van der Waals surface area contributed by atoms with Gasteiger partial charge in [-0.05, 0) is 5.92 Å². The summed E-state index contributed by atoms with van der Waals surface area (Å²) in [7, 11) is 0. The van der Waals surface area contributed by atoms with Gasteiger partial charge in [0.2, 0.25) is 17.7 Å². The van der Waals surface area contributed by atoms with Crippen molar-refractivity contribution in [2.75, 3.05) is 13.2 Å². The number of nitrogens with two attached hydrogens (primary N) is 1. The molecule has 0 aliphatic rings. The lowest BCUT2D eigenvalue weighted by Crippen LogP contribution is -2.59. The highest BCUT2D eigenvalue weighted by Crippen LogP contribution is 2.07. The van der Waals surface area contributed by atoms with E-state index in [9.17, 15) is 24.3 Å². The molecule has 0 aliphatic heterocycles. The van der Waals surface area contributed by atoms with Gasteiger partial charge >= 0.3 is 5.97 Å². The molecule has 0 saturated heterocycles. The molecule has 3 amide bonds. The van der Waals surface area contributed by atoms with E-state index in [2.05, 4.69) is 20.6 Å². The van der Waals surface area contributed by atoms with Crippen LogP contribution in [0.25, 0.3) is 0 Å². The van der Waals surface area contributed by atoms with Crippen LogP contribution >= 0.6 is 0 Å². The lowest BCUT2D eigenvalue weighted by Gasteiger charge is -2.25. The fourth-order valence-corrected chi connectivity index (χ4v) is 2.53. The number of aliphatic hydroxyl groups excluding tert-OH is 2. The molecule has 1 heterocycles. The quantitative estimate of drug-likeness (QED) is 0.154. The maximum atomic E-state index is 12.8. The van der Waals surface area contributed by atoms with Crippen LogP contribution in [0.2, 0.25) is 0 Å². The molecule has 13 heteroatoms. The van der Waals surface area contributed by atoms with Crippen molar-refractivity contribution in [1.29, 1.82) is 0 Å². The maximum absolute atomic E-state index is 12.8. The number of hydrogen-bond donors (Lipinski definition) is 8. The van der Waals surface area contributed by atoms with Crippen LogP contribution in [0.4, 0.5) is 0 Å². The number of carboxylic acids is 1. The molecule has 174 valence electrons. The van der Waals surface area contributed by atoms with Crippen LogP contribution in [0, 0.1) is 5.92 Å². The zero-order valence-electron chi connectivity index (χ0n) is 17.4. The van der Waals surface area contributed by atoms with E-state index in [-0.39, 0.29) is 12.3 Å². The van der Waals surface area contributed by atoms with Crippen molar-refractivity contribution in [3.8, 4) is 0 Å². The molecule has 0 fully saturated rings. The Morgan fingerprint density at radius 2 is 1.58 bits per heavy atom. The molecule has 0 radical (unpaired) electrons. The third kappa shape index (κ3) is 7.96. The van der Waals surface area contributed by atoms with Gasteiger partial charge in [0.05, 0.1) is 25.6 Å². The molecule has 0 bridgehead atoms. The smallest absolute Gasteiger partial charge is 0.328 e. The van der Waals surface area contributed by atoms with E-state index in [1.54, 1.807) is 6.92 Å². The summed E-state index contributed by atoms with van der Waals surface area (Å²) in [6, 6.07) is -5.13. The van der Waals surface area contributed by atoms with Crippen molar-refractivity contribution in [1.82, 2.24) is 25.9 Å². The Morgan fingerprint density at radius 3 is 2.06 bits per heavy atom. The number of carbonyl (C=O) groups is 4. The molecule has 0 aliphatic carbocycles. The van der Waals surface area contributed by atoms with Gasteiger partial charge in [-0.1, -0.05) is 20.3 Å². The van der Waals surface area contributed by atoms with Crippen molar-refractivity contribution in [3.63, 3.8) is 0 Å². The Morgan fingerprint density at radius 1 is 1.03 bits per heavy atom. The average molecular weight is 442 g/mol. The van der Waals surface area contributed by atoms with Crippen molar-refractivity contribution >= 4 is 23.7 Å². The van der Waals surface area contributed by atoms with Gasteiger partial charge < -0.3 is 42.0 Å². The number of hydrogen-bond acceptors (Lipinski definition) is 8. The third-order valence-electron chi connectivity index (χ3n) is 4.78. The average Bonchev–Trinajstić information content (AvgIpc) is 3.26. The lowest BCUT2D eigenvalue weighted by atomic mass is 9.98. The third-order valence-corrected chi connectivity index (χ3v) is 4.78. The SMILES string of the molecule is CCC(C)C(N)C(=O)NC(Cc1cnc[nH]1)C(=O)NC(CO)C(=O)NC(CO)C(=O)O. The lowest BCUT2D eigenvalue weighted by molar-refractivity contribution is -0.143. The fourth-order valence-electron chi connectivity index (χ4n) is 2.53. The van der Waals surface area contributed by atoms with Gasteiger partial charge in [0.25, 0.3) is 0 Å². The first kappa shape index (κ1) is 26.0. The summed E-state index contributed by atoms with van der Waals surface area (Å²) in [6.45, 7) is 1.94. The van der Waals surface area contributed by atoms with Gasteiger partial charge in [0.15, 0.2) is 0 Å². The van der Waals surface area contributed by atoms with E-state index in [4.69, 9.17) is 15.9 Å². The molecule has 5 atom stereocenters. The number of aromatic amines is 1. The number of imidazole rings is 1. The van der Waals surface area contributed by atoms with Gasteiger partial charge in [-0.15, -0.1) is 0 Å². The highest BCUT2D eigenvalue weighted by molar-refractivity contribution is 5.94. The second kappa shape index (κ2) is 12.6. The topological polar surface area (TPSA) is 220 Å². The van der Waals surface area contributed by atoms with E-state index in [0.717, 1.165) is 0 Å². The Bertz CT molecular complexity index is 742. The second-order valence-corrected chi connectivity index (χ2v) is 7.08. The van der Waals surface area contributed by atoms with Gasteiger partial charge in [-0.3, -0.25) is 14.4 Å². The van der Waals surface area contributed by atoms with E-state index in [1.165, 1.54) is 12.5 Å². The summed E-state index contributed by atoms with van der Waals surface area (Å²) in [5, 5.41) is 34.2. The number of aromatic nitrogens is 2. The molecule has 5 unspecified atom stereocenters. The number of aliphatic carboxylic acids is 1. The predicted octanol–water partition coefficient (Wildman–Crippen LogP) is -3.15. The highest BCUT2D eigenvalue weighted by Gasteiger charge is 2.31. The van der Waals surface area contributed by atoms with Crippen LogP contribution < -0.4 is 21.7 Å². The van der Waals surface area contributed by atoms with Crippen molar-refractivity contribution in [3.05, 3.63) is 18.2 Å². The number of amides is 3. The summed E-state index contributed by atoms with van der Waals surface area (Å²) in [5.74, 6) is -4.00. The zero-order chi connectivity index (χ0) is 23.6. The number of carbonyl (C=O) groups excluding carboxylic acids is 3. The Labute approximate surface area is 178 Å². The van der Waals surface area contributed by atoms with Crippen LogP contribution in [0.3, 0.4) is 0 Å². The van der Waals surface area contributed by atoms with E-state index in [1.807, 2.05) is 12.2 Å². The zero-order valence-corrected chi connectivity index (χ0v) is 17.4. The molecular formula is C18H30N6O7. The molecule has 1 rings (SSSR count). The van der Waals surface area contributed by atoms with E-state index < -0.39 is 61.1 Å². The van der Waals surface area contributed by atoms with Crippen molar-refractivity contribution < 1.29 is 34.5 Å². The molecule has 31 heavy (non-hydrogen) atoms. The van der Waals surface area contributed by atoms with E-state index >= 15 is 0 Å². The molecule has 9 N–H and O–H groups in total. The number of H-pyrrole nitrogens is 1. The number of aliphatic hydroxyl groups is 2. The van der Waals surface area contributed by atoms with Gasteiger partial charge in [0, 0.05) is 18.3 Å². The first-order chi connectivity index (χ1) is 14.6. The van der Waals surface area contributed by atoms with Gasteiger partial charge in [-0.2, -0.15) is 0 Å². The summed E-state index contributed by atoms with van der Waals surface area (Å²) in [4.78, 5) is 55.0. The molecular weight excluding hydrogens is 412 g/mol. The number of rotatable bonds is 13. The largest absolute Gasteiger partial charge is 0.480 e. The standard InChI is InChI=1S/C18H30N6O7/c1-3-9(2)14(19)17(29)22-11(4-10-5-20-8-21-10)15(27)23-12(6-25)16(28)24-13(7-26)18(30)31/h5,8-9,11-14,25-26H,3-4,6-7,19H2,1-2H3,(H,20,21)(H,22,29)(H,23,27)(H,24,28)(H,30,31). The van der Waals surface area contributed by atoms with Crippen molar-refractivity contribution in [2.45, 2.75) is 50.9 Å². The Hall–Kier alpha value is -3.03. The molecule has 0 spiro atoms. The molecule has 0 aromatic carbocycles. The highest BCUT2D eigenvalue weighted by atomic mass is 16.4. The minimum atomic E-state index is -1.60. The van der Waals surface area contributed by atoms with Crippen LogP contribution in [-0.4, -0.2) is 86.4 Å². The molecule has 1 aromatic heterocycles. The number of carboxylic acid groups (broad SMARTS) is 1. The number of nitrogens with one attached hydrogen (secondary N) is 4. The summed E-state index contributed by atoms with van der Waals surface area (Å²) >= 11 is 0. The van der Waals surface area contributed by atoms with Gasteiger partial charge in [0.1, 0.15) is 18.1 Å². The molecule has 13 nitrogen and oxygen atoms in total. The number of nitrogens with zero attached hydrogens (tertiary/aromatic N) is 1. The van der Waals surface area contributed by atoms with Crippen LogP contribution in [0.15, 0.2) is 12.5 Å². The van der Waals surface area contributed by atoms with Crippen LogP contribution in [-0.2, 0) is 25.6 Å². The monoisotopic (exact) mass is 442 g/mol. The minimum absolute atomic E-state index is 0.00103. The predicted molar refractivity (Wildman–Crippen MR) is 107 cm³/mol. The first-order valence-electron chi connectivity index (χ1n) is 9.72. The van der Waals surface area contributed by atoms with Crippen LogP contribution in [0.5, 0.6) is 0 Å². The molecule has 0 saturated carbocycles. The summed E-state index contributed by atoms with van der Waals surface area (Å²) in [5.41, 5.74) is 6.44. The van der Waals surface area contributed by atoms with Crippen molar-refractivity contribution in [2.24, 2.45) is 11.7 Å². The Balaban J connectivity index is 2.92. The normalized spacial score (nSPS) is 15.8. The van der Waals surface area contributed by atoms with Crippen LogP contribution in [0.1, 0.15) is 26.0 Å². The first-order valence-corrected chi connectivity index (χ1v) is 9.72. The van der Waals surface area contributed by atoms with Gasteiger partial charge in [-0.25, -0.2) is 9.78 Å². The van der Waals surface area contributed by atoms with E-state index in [0.29, 0.717) is 12.1 Å².